The van der Waals surface area contributed by atoms with Gasteiger partial charge < -0.3 is 19.8 Å². The van der Waals surface area contributed by atoms with Gasteiger partial charge in [-0.2, -0.15) is 13.2 Å². The molecule has 43 heavy (non-hydrogen) atoms. The minimum atomic E-state index is -4.68. The fraction of sp³-hybridized carbons (Fsp3) is 0.548. The van der Waals surface area contributed by atoms with Gasteiger partial charge in [-0.3, -0.25) is 9.59 Å². The van der Waals surface area contributed by atoms with Gasteiger partial charge in [-0.05, 0) is 66.5 Å². The maximum absolute atomic E-state index is 15.1. The van der Waals surface area contributed by atoms with E-state index in [0.29, 0.717) is 22.6 Å². The summed E-state index contributed by atoms with van der Waals surface area (Å²) in [7, 11) is 1.85. The van der Waals surface area contributed by atoms with Crippen molar-refractivity contribution in [2.24, 2.45) is 18.4 Å². The quantitative estimate of drug-likeness (QED) is 0.197. The van der Waals surface area contributed by atoms with E-state index < -0.39 is 41.0 Å². The summed E-state index contributed by atoms with van der Waals surface area (Å²) in [6.07, 6.45) is 2.31. The maximum atomic E-state index is 15.1. The van der Waals surface area contributed by atoms with Gasteiger partial charge in [0.15, 0.2) is 0 Å². The van der Waals surface area contributed by atoms with Gasteiger partial charge >= 0.3 is 6.18 Å². The van der Waals surface area contributed by atoms with Crippen LogP contribution in [-0.4, -0.2) is 38.0 Å². The van der Waals surface area contributed by atoms with Crippen molar-refractivity contribution in [3.8, 4) is 0 Å². The average Bonchev–Trinajstić information content (AvgIpc) is 3.35. The number of hydrogen-bond acceptors (Lipinski definition) is 5. The molecule has 0 saturated heterocycles. The summed E-state index contributed by atoms with van der Waals surface area (Å²) in [4.78, 5) is 26.4. The van der Waals surface area contributed by atoms with E-state index in [9.17, 15) is 22.8 Å². The topological polar surface area (TPSA) is 93.8 Å². The number of pyridine rings is 1. The lowest BCUT2D eigenvalue weighted by molar-refractivity contribution is -0.141. The number of aryl methyl sites for hydroxylation is 1. The molecule has 1 amide bonds. The van der Waals surface area contributed by atoms with Crippen molar-refractivity contribution in [2.45, 2.75) is 84.5 Å². The molecule has 0 spiro atoms. The van der Waals surface area contributed by atoms with Crippen molar-refractivity contribution in [3.63, 3.8) is 0 Å². The number of amides is 1. The molecule has 4 rings (SSSR count). The molecule has 8 nitrogen and oxygen atoms in total. The lowest BCUT2D eigenvalue weighted by atomic mass is 9.48. The molecule has 2 heterocycles. The number of carbonyl (C=O) groups is 1. The number of rotatable bonds is 12. The number of halogens is 4. The van der Waals surface area contributed by atoms with Crippen LogP contribution in [-0.2, 0) is 25.6 Å². The Labute approximate surface area is 248 Å². The minimum absolute atomic E-state index is 0.0803. The Morgan fingerprint density at radius 2 is 1.84 bits per heavy atom. The van der Waals surface area contributed by atoms with Crippen molar-refractivity contribution in [3.05, 3.63) is 75.5 Å². The summed E-state index contributed by atoms with van der Waals surface area (Å²) in [5.41, 5.74) is -1.20. The third-order valence-corrected chi connectivity index (χ3v) is 8.72. The van der Waals surface area contributed by atoms with Gasteiger partial charge in [-0.15, -0.1) is 10.2 Å². The predicted octanol–water partition coefficient (Wildman–Crippen LogP) is 5.95. The lowest BCUT2D eigenvalue weighted by Crippen LogP contribution is -2.51. The molecule has 1 saturated carbocycles. The minimum Gasteiger partial charge on any atom is -0.320 e. The standard InChI is InChI=1S/C31H40F4N6O2/c1-6-29(7-2)16-30(17-29,28-39-37-19-40(28)5)22-8-9-24(32)25(13-22)38-26(42)23-12-21(14-36-11-10-20(3)4)15-41(27(23)43)18-31(33,34)35/h8-9,12-13,15,19-20,36H,6-7,10-11,14,16-18H2,1-5H3,(H,38,42). The van der Waals surface area contributed by atoms with Crippen LogP contribution in [0.25, 0.3) is 0 Å². The zero-order chi connectivity index (χ0) is 31.6. The second kappa shape index (κ2) is 12.6. The van der Waals surface area contributed by atoms with E-state index in [1.807, 2.05) is 25.5 Å². The summed E-state index contributed by atoms with van der Waals surface area (Å²) in [6, 6.07) is 5.70. The highest BCUT2D eigenvalue weighted by Crippen LogP contribution is 2.61. The largest absolute Gasteiger partial charge is 0.406 e. The van der Waals surface area contributed by atoms with Crippen molar-refractivity contribution in [1.82, 2.24) is 24.6 Å². The maximum Gasteiger partial charge on any atom is 0.406 e. The van der Waals surface area contributed by atoms with Crippen molar-refractivity contribution in [1.29, 1.82) is 0 Å². The van der Waals surface area contributed by atoms with Crippen molar-refractivity contribution >= 4 is 11.6 Å². The number of nitrogens with zero attached hydrogens (tertiary/aromatic N) is 4. The molecule has 1 aliphatic carbocycles. The van der Waals surface area contributed by atoms with Crippen LogP contribution in [0.1, 0.15) is 87.1 Å². The second-order valence-corrected chi connectivity index (χ2v) is 12.2. The molecule has 0 radical (unpaired) electrons. The Kier molecular flexibility index (Phi) is 9.48. The molecule has 0 atom stereocenters. The summed E-state index contributed by atoms with van der Waals surface area (Å²) in [5, 5.41) is 14.0. The van der Waals surface area contributed by atoms with Crippen LogP contribution in [0.5, 0.6) is 0 Å². The van der Waals surface area contributed by atoms with Crippen LogP contribution in [0.3, 0.4) is 0 Å². The molecule has 234 valence electrons. The first kappa shape index (κ1) is 32.4. The molecule has 2 N–H and O–H groups in total. The average molecular weight is 605 g/mol. The molecular formula is C31H40F4N6O2. The Bertz CT molecular complexity index is 1500. The molecule has 1 aromatic carbocycles. The van der Waals surface area contributed by atoms with Crippen LogP contribution in [0.15, 0.2) is 41.6 Å². The SMILES string of the molecule is CCC1(CC)CC(c2ccc(F)c(NC(=O)c3cc(CNCCC(C)C)cn(CC(F)(F)F)c3=O)c2)(c2nncn2C)C1. The molecule has 0 aliphatic heterocycles. The molecule has 1 fully saturated rings. The van der Waals surface area contributed by atoms with E-state index in [2.05, 4.69) is 34.7 Å². The Balaban J connectivity index is 1.68. The van der Waals surface area contributed by atoms with E-state index in [1.165, 1.54) is 18.2 Å². The summed E-state index contributed by atoms with van der Waals surface area (Å²) < 4.78 is 57.3. The monoisotopic (exact) mass is 604 g/mol. The second-order valence-electron chi connectivity index (χ2n) is 12.2. The van der Waals surface area contributed by atoms with Gasteiger partial charge in [-0.1, -0.05) is 46.6 Å². The highest BCUT2D eigenvalue weighted by Gasteiger charge is 2.56. The predicted molar refractivity (Wildman–Crippen MR) is 156 cm³/mol. The Morgan fingerprint density at radius 1 is 1.14 bits per heavy atom. The third-order valence-electron chi connectivity index (χ3n) is 8.72. The first-order valence-corrected chi connectivity index (χ1v) is 14.7. The number of nitrogens with one attached hydrogen (secondary N) is 2. The highest BCUT2D eigenvalue weighted by molar-refractivity contribution is 6.04. The number of benzene rings is 1. The van der Waals surface area contributed by atoms with Gasteiger partial charge in [-0.25, -0.2) is 4.39 Å². The molecule has 3 aromatic rings. The first-order valence-electron chi connectivity index (χ1n) is 14.7. The zero-order valence-electron chi connectivity index (χ0n) is 25.3. The van der Waals surface area contributed by atoms with Crippen LogP contribution in [0, 0.1) is 17.2 Å². The molecule has 1 aliphatic rings. The fourth-order valence-corrected chi connectivity index (χ4v) is 6.19. The Hall–Kier alpha value is -3.54. The van der Waals surface area contributed by atoms with Gasteiger partial charge in [0.05, 0.1) is 11.1 Å². The van der Waals surface area contributed by atoms with Crippen LogP contribution in [0.4, 0.5) is 23.2 Å². The number of alkyl halides is 3. The van der Waals surface area contributed by atoms with E-state index in [-0.39, 0.29) is 17.6 Å². The zero-order valence-corrected chi connectivity index (χ0v) is 25.3. The van der Waals surface area contributed by atoms with E-state index in [0.717, 1.165) is 49.7 Å². The van der Waals surface area contributed by atoms with Gasteiger partial charge in [0, 0.05) is 19.8 Å². The van der Waals surface area contributed by atoms with Crippen molar-refractivity contribution < 1.29 is 22.4 Å². The van der Waals surface area contributed by atoms with Gasteiger partial charge in [0.1, 0.15) is 30.1 Å². The molecule has 12 heteroatoms. The van der Waals surface area contributed by atoms with Crippen LogP contribution < -0.4 is 16.2 Å². The summed E-state index contributed by atoms with van der Waals surface area (Å²) >= 11 is 0. The summed E-state index contributed by atoms with van der Waals surface area (Å²) in [6.45, 7) is 7.59. The Morgan fingerprint density at radius 3 is 2.42 bits per heavy atom. The molecule has 0 bridgehead atoms. The lowest BCUT2D eigenvalue weighted by Gasteiger charge is -2.56. The summed E-state index contributed by atoms with van der Waals surface area (Å²) in [5.74, 6) is -0.573. The van der Waals surface area contributed by atoms with E-state index in [4.69, 9.17) is 0 Å². The van der Waals surface area contributed by atoms with Gasteiger partial charge in [0.25, 0.3) is 11.5 Å². The first-order chi connectivity index (χ1) is 20.2. The smallest absolute Gasteiger partial charge is 0.320 e. The molecule has 2 aromatic heterocycles. The van der Waals surface area contributed by atoms with Crippen molar-refractivity contribution in [2.75, 3.05) is 11.9 Å². The number of carbonyl (C=O) groups excluding carboxylic acids is 1. The third kappa shape index (κ3) is 7.00. The molecular weight excluding hydrogens is 564 g/mol. The number of anilines is 1. The molecule has 0 unspecified atom stereocenters. The number of aromatic nitrogens is 4. The van der Waals surface area contributed by atoms with E-state index >= 15 is 4.39 Å². The normalized spacial score (nSPS) is 15.9. The van der Waals surface area contributed by atoms with Gasteiger partial charge in [0.2, 0.25) is 0 Å². The van der Waals surface area contributed by atoms with Crippen LogP contribution >= 0.6 is 0 Å². The fourth-order valence-electron chi connectivity index (χ4n) is 6.19. The number of hydrogen-bond donors (Lipinski definition) is 2. The van der Waals surface area contributed by atoms with Crippen LogP contribution in [0.2, 0.25) is 0 Å². The highest BCUT2D eigenvalue weighted by atomic mass is 19.4. The van der Waals surface area contributed by atoms with E-state index in [1.54, 1.807) is 12.4 Å².